The van der Waals surface area contributed by atoms with Gasteiger partial charge in [-0.15, -0.1) is 5.92 Å². The Hall–Kier alpha value is -1.75. The monoisotopic (exact) mass is 188 g/mol. The van der Waals surface area contributed by atoms with Gasteiger partial charge < -0.3 is 5.73 Å². The second-order valence-corrected chi connectivity index (χ2v) is 2.64. The Morgan fingerprint density at radius 3 is 2.57 bits per heavy atom. The quantitative estimate of drug-likeness (QED) is 0.314. The van der Waals surface area contributed by atoms with Crippen LogP contribution in [0.5, 0.6) is 0 Å². The predicted octanol–water partition coefficient (Wildman–Crippen LogP) is 2.40. The van der Waals surface area contributed by atoms with Crippen molar-refractivity contribution in [1.82, 2.24) is 0 Å². The van der Waals surface area contributed by atoms with Crippen molar-refractivity contribution in [3.8, 4) is 11.8 Å². The van der Waals surface area contributed by atoms with Gasteiger partial charge in [-0.2, -0.15) is 0 Å². The molecule has 0 bridgehead atoms. The lowest BCUT2D eigenvalue weighted by Gasteiger charge is -1.99. The fraction of sp³-hybridized carbons (Fsp3) is 0.250. The van der Waals surface area contributed by atoms with E-state index in [1.807, 2.05) is 26.0 Å². The fourth-order valence-corrected chi connectivity index (χ4v) is 0.945. The van der Waals surface area contributed by atoms with Crippen LogP contribution in [0.2, 0.25) is 0 Å². The highest BCUT2D eigenvalue weighted by atomic mass is 14.8. The molecule has 0 aromatic carbocycles. The van der Waals surface area contributed by atoms with Crippen LogP contribution in [0, 0.1) is 11.8 Å². The van der Waals surface area contributed by atoms with Gasteiger partial charge in [0, 0.05) is 11.8 Å². The highest BCUT2D eigenvalue weighted by Gasteiger charge is 1.96. The van der Waals surface area contributed by atoms with E-state index in [4.69, 9.17) is 5.73 Å². The lowest BCUT2D eigenvalue weighted by molar-refractivity contribution is 1.45. The van der Waals surface area contributed by atoms with E-state index in [0.717, 1.165) is 11.1 Å². The molecule has 0 unspecified atom stereocenters. The van der Waals surface area contributed by atoms with Crippen molar-refractivity contribution < 1.29 is 0 Å². The Kier molecular flexibility index (Phi) is 5.89. The van der Waals surface area contributed by atoms with Gasteiger partial charge in [-0.25, -0.2) is 4.99 Å². The third kappa shape index (κ3) is 4.32. The molecule has 2 nitrogen and oxygen atoms in total. The third-order valence-corrected chi connectivity index (χ3v) is 1.53. The molecule has 2 heteroatoms. The first-order chi connectivity index (χ1) is 6.65. The van der Waals surface area contributed by atoms with Gasteiger partial charge in [0.15, 0.2) is 0 Å². The minimum absolute atomic E-state index is 0.458. The van der Waals surface area contributed by atoms with Crippen LogP contribution in [-0.2, 0) is 0 Å². The van der Waals surface area contributed by atoms with E-state index in [2.05, 4.69) is 23.4 Å². The zero-order chi connectivity index (χ0) is 11.0. The van der Waals surface area contributed by atoms with Crippen molar-refractivity contribution in [1.29, 1.82) is 0 Å². The molecule has 0 aliphatic heterocycles. The smallest absolute Gasteiger partial charge is 0.130 e. The maximum atomic E-state index is 5.70. The van der Waals surface area contributed by atoms with E-state index in [-0.39, 0.29) is 0 Å². The molecular formula is C12H16N2. The molecule has 74 valence electrons. The van der Waals surface area contributed by atoms with Crippen LogP contribution in [0.4, 0.5) is 0 Å². The van der Waals surface area contributed by atoms with Crippen LogP contribution in [0.25, 0.3) is 0 Å². The molecule has 0 heterocycles. The first-order valence-electron chi connectivity index (χ1n) is 4.37. The van der Waals surface area contributed by atoms with Crippen molar-refractivity contribution in [2.75, 3.05) is 0 Å². The maximum absolute atomic E-state index is 5.70. The number of nitrogens with zero attached hydrogens (tertiary/aromatic N) is 1. The summed E-state index contributed by atoms with van der Waals surface area (Å²) in [5.74, 6) is 6.22. The van der Waals surface area contributed by atoms with E-state index in [1.165, 1.54) is 6.20 Å². The first-order valence-corrected chi connectivity index (χ1v) is 4.37. The van der Waals surface area contributed by atoms with Crippen molar-refractivity contribution in [2.45, 2.75) is 20.8 Å². The standard InChI is InChI=1S/C12H16N2/c1-5-8-10(4)9-11(6-2)12(13)14-7-3/h6-7,9H,3H2,1-2,4H3,(H2,13,14)/b10-9-,11-6+. The molecule has 0 aromatic heterocycles. The molecule has 14 heavy (non-hydrogen) atoms. The SMILES string of the molecule is C=CN=C(N)C(/C=C(/C)C#CC)=C/C. The van der Waals surface area contributed by atoms with Gasteiger partial charge in [0.1, 0.15) is 5.84 Å². The van der Waals surface area contributed by atoms with Crippen molar-refractivity contribution in [3.05, 3.63) is 36.1 Å². The summed E-state index contributed by atoms with van der Waals surface area (Å²) in [7, 11) is 0. The van der Waals surface area contributed by atoms with Gasteiger partial charge in [0.25, 0.3) is 0 Å². The minimum Gasteiger partial charge on any atom is -0.383 e. The zero-order valence-electron chi connectivity index (χ0n) is 8.96. The summed E-state index contributed by atoms with van der Waals surface area (Å²) in [5, 5.41) is 0. The van der Waals surface area contributed by atoms with Crippen molar-refractivity contribution in [3.63, 3.8) is 0 Å². The van der Waals surface area contributed by atoms with Crippen LogP contribution in [0.15, 0.2) is 41.1 Å². The molecule has 2 N–H and O–H groups in total. The summed E-state index contributed by atoms with van der Waals surface area (Å²) in [6.07, 6.45) is 5.22. The lowest BCUT2D eigenvalue weighted by Crippen LogP contribution is -2.13. The number of hydrogen-bond donors (Lipinski definition) is 1. The number of hydrogen-bond acceptors (Lipinski definition) is 1. The average molecular weight is 188 g/mol. The molecule has 0 aliphatic carbocycles. The van der Waals surface area contributed by atoms with Crippen LogP contribution >= 0.6 is 0 Å². The van der Waals surface area contributed by atoms with Gasteiger partial charge in [0.05, 0.1) is 0 Å². The third-order valence-electron chi connectivity index (χ3n) is 1.53. The second kappa shape index (κ2) is 6.73. The van der Waals surface area contributed by atoms with Crippen LogP contribution in [0.3, 0.4) is 0 Å². The van der Waals surface area contributed by atoms with Crippen molar-refractivity contribution >= 4 is 5.84 Å². The Labute approximate surface area is 85.9 Å². The molecule has 0 spiro atoms. The number of nitrogens with two attached hydrogens (primary N) is 1. The van der Waals surface area contributed by atoms with Gasteiger partial charge in [-0.3, -0.25) is 0 Å². The molecule has 0 saturated heterocycles. The van der Waals surface area contributed by atoms with Gasteiger partial charge in [0.2, 0.25) is 0 Å². The molecule has 0 rings (SSSR count). The lowest BCUT2D eigenvalue weighted by atomic mass is 10.1. The molecule has 0 fully saturated rings. The summed E-state index contributed by atoms with van der Waals surface area (Å²) in [5.41, 5.74) is 7.53. The fourth-order valence-electron chi connectivity index (χ4n) is 0.945. The largest absolute Gasteiger partial charge is 0.383 e. The van der Waals surface area contributed by atoms with Gasteiger partial charge >= 0.3 is 0 Å². The number of amidine groups is 1. The molecular weight excluding hydrogens is 172 g/mol. The predicted molar refractivity (Wildman–Crippen MR) is 62.8 cm³/mol. The summed E-state index contributed by atoms with van der Waals surface area (Å²) in [4.78, 5) is 3.91. The van der Waals surface area contributed by atoms with Gasteiger partial charge in [-0.1, -0.05) is 18.6 Å². The summed E-state index contributed by atoms with van der Waals surface area (Å²) >= 11 is 0. The van der Waals surface area contributed by atoms with Crippen LogP contribution < -0.4 is 5.73 Å². The number of aliphatic imine (C=N–C) groups is 1. The van der Waals surface area contributed by atoms with E-state index < -0.39 is 0 Å². The van der Waals surface area contributed by atoms with Crippen molar-refractivity contribution in [2.24, 2.45) is 10.7 Å². The number of rotatable bonds is 3. The molecule has 0 saturated carbocycles. The Morgan fingerprint density at radius 2 is 2.14 bits per heavy atom. The molecule has 0 amide bonds. The molecule has 0 atom stereocenters. The summed E-state index contributed by atoms with van der Waals surface area (Å²) in [6, 6.07) is 0. The summed E-state index contributed by atoms with van der Waals surface area (Å²) < 4.78 is 0. The van der Waals surface area contributed by atoms with E-state index in [1.54, 1.807) is 6.92 Å². The zero-order valence-corrected chi connectivity index (χ0v) is 8.96. The highest BCUT2D eigenvalue weighted by Crippen LogP contribution is 2.02. The van der Waals surface area contributed by atoms with E-state index in [9.17, 15) is 0 Å². The Morgan fingerprint density at radius 1 is 1.50 bits per heavy atom. The molecule has 0 aromatic rings. The summed E-state index contributed by atoms with van der Waals surface area (Å²) in [6.45, 7) is 9.13. The molecule has 0 aliphatic rings. The van der Waals surface area contributed by atoms with Crippen LogP contribution in [-0.4, -0.2) is 5.84 Å². The Bertz CT molecular complexity index is 346. The Balaban J connectivity index is 4.93. The van der Waals surface area contributed by atoms with Gasteiger partial charge in [-0.05, 0) is 32.4 Å². The average Bonchev–Trinajstić information content (AvgIpc) is 2.15. The number of allylic oxidation sites excluding steroid dienone is 2. The first kappa shape index (κ1) is 12.2. The normalized spacial score (nSPS) is 13.2. The topological polar surface area (TPSA) is 38.4 Å². The second-order valence-electron chi connectivity index (χ2n) is 2.64. The maximum Gasteiger partial charge on any atom is 0.130 e. The molecule has 0 radical (unpaired) electrons. The highest BCUT2D eigenvalue weighted by molar-refractivity contribution is 6.00. The van der Waals surface area contributed by atoms with Crippen LogP contribution in [0.1, 0.15) is 20.8 Å². The minimum atomic E-state index is 0.458. The van der Waals surface area contributed by atoms with E-state index >= 15 is 0 Å². The van der Waals surface area contributed by atoms with E-state index in [0.29, 0.717) is 5.84 Å².